The number of carbonyl (C=O) groups excluding carboxylic acids is 3. The first kappa shape index (κ1) is 29.3. The van der Waals surface area contributed by atoms with Crippen molar-refractivity contribution in [3.05, 3.63) is 161 Å². The molecule has 0 radical (unpaired) electrons. The Morgan fingerprint density at radius 3 is 2.00 bits per heavy atom. The zero-order chi connectivity index (χ0) is 30.0. The molecule has 0 atom stereocenters. The Morgan fingerprint density at radius 1 is 0.674 bits per heavy atom. The summed E-state index contributed by atoms with van der Waals surface area (Å²) in [6, 6.07) is 41.4. The maximum atomic E-state index is 13.3. The van der Waals surface area contributed by atoms with Gasteiger partial charge in [0.1, 0.15) is 5.70 Å². The molecule has 0 fully saturated rings. The molecule has 0 aliphatic carbocycles. The van der Waals surface area contributed by atoms with Gasteiger partial charge in [-0.05, 0) is 66.1 Å². The van der Waals surface area contributed by atoms with E-state index in [1.807, 2.05) is 104 Å². The number of Topliss-reactive ketones (excluding diaryl/α,β-unsaturated/α-hetero) is 1. The van der Waals surface area contributed by atoms with Crippen LogP contribution in [0.1, 0.15) is 31.8 Å². The fourth-order valence-electron chi connectivity index (χ4n) is 4.41. The summed E-state index contributed by atoms with van der Waals surface area (Å²) in [6.45, 7) is 1.97. The van der Waals surface area contributed by atoms with Crippen molar-refractivity contribution >= 4 is 41.1 Å². The average molecular weight is 583 g/mol. The molecule has 0 saturated carbocycles. The van der Waals surface area contributed by atoms with Gasteiger partial charge in [-0.2, -0.15) is 0 Å². The quantitative estimate of drug-likeness (QED) is 0.0993. The number of benzene rings is 5. The third kappa shape index (κ3) is 8.18. The lowest BCUT2D eigenvalue weighted by Crippen LogP contribution is -2.30. The second kappa shape index (κ2) is 14.1. The van der Waals surface area contributed by atoms with Crippen LogP contribution in [0.4, 0.5) is 5.69 Å². The predicted molar refractivity (Wildman–Crippen MR) is 175 cm³/mol. The van der Waals surface area contributed by atoms with Gasteiger partial charge >= 0.3 is 0 Å². The standard InChI is InChI=1S/C37H30N2O3S/c1-26-9-8-10-27(23-26)24-34(39-36(41)31-13-6-3-7-14-31)37(42)38-32-19-21-33(22-20-32)43-25-35(40)30-17-15-29(16-18-30)28-11-4-2-5-12-28/h2-24H,25H2,1H3,(H,38,42)(H,39,41)/b34-24-. The van der Waals surface area contributed by atoms with Crippen molar-refractivity contribution in [1.82, 2.24) is 5.32 Å². The van der Waals surface area contributed by atoms with Gasteiger partial charge in [-0.3, -0.25) is 14.4 Å². The number of nitrogens with one attached hydrogen (secondary N) is 2. The normalized spacial score (nSPS) is 11.0. The Balaban J connectivity index is 1.21. The van der Waals surface area contributed by atoms with Crippen LogP contribution in [0.2, 0.25) is 0 Å². The highest BCUT2D eigenvalue weighted by molar-refractivity contribution is 8.00. The molecule has 0 heterocycles. The van der Waals surface area contributed by atoms with Gasteiger partial charge in [0.15, 0.2) is 5.78 Å². The summed E-state index contributed by atoms with van der Waals surface area (Å²) in [5, 5.41) is 5.63. The molecule has 5 nitrogen and oxygen atoms in total. The first-order valence-electron chi connectivity index (χ1n) is 13.8. The molecule has 5 aromatic carbocycles. The van der Waals surface area contributed by atoms with E-state index in [9.17, 15) is 14.4 Å². The van der Waals surface area contributed by atoms with E-state index in [0.29, 0.717) is 22.6 Å². The molecule has 0 saturated heterocycles. The lowest BCUT2D eigenvalue weighted by atomic mass is 10.0. The zero-order valence-corrected chi connectivity index (χ0v) is 24.4. The van der Waals surface area contributed by atoms with Crippen LogP contribution in [-0.2, 0) is 4.79 Å². The van der Waals surface area contributed by atoms with Crippen LogP contribution in [0.5, 0.6) is 0 Å². The molecule has 212 valence electrons. The monoisotopic (exact) mass is 582 g/mol. The van der Waals surface area contributed by atoms with Gasteiger partial charge in [-0.15, -0.1) is 11.8 Å². The van der Waals surface area contributed by atoms with Crippen LogP contribution in [0.25, 0.3) is 17.2 Å². The SMILES string of the molecule is Cc1cccc(/C=C(\NC(=O)c2ccccc2)C(=O)Nc2ccc(SCC(=O)c3ccc(-c4ccccc4)cc3)cc2)c1. The van der Waals surface area contributed by atoms with Gasteiger partial charge in [-0.25, -0.2) is 0 Å². The summed E-state index contributed by atoms with van der Waals surface area (Å²) in [5.41, 5.74) is 5.83. The fourth-order valence-corrected chi connectivity index (χ4v) is 5.21. The van der Waals surface area contributed by atoms with E-state index >= 15 is 0 Å². The molecule has 0 unspecified atom stereocenters. The van der Waals surface area contributed by atoms with Crippen molar-refractivity contribution in [3.8, 4) is 11.1 Å². The smallest absolute Gasteiger partial charge is 0.272 e. The maximum absolute atomic E-state index is 13.3. The summed E-state index contributed by atoms with van der Waals surface area (Å²) >= 11 is 1.44. The lowest BCUT2D eigenvalue weighted by molar-refractivity contribution is -0.113. The Kier molecular flexibility index (Phi) is 9.62. The largest absolute Gasteiger partial charge is 0.321 e. The fraction of sp³-hybridized carbons (Fsp3) is 0.0541. The van der Waals surface area contributed by atoms with Crippen molar-refractivity contribution in [2.75, 3.05) is 11.1 Å². The molecule has 0 bridgehead atoms. The molecule has 5 rings (SSSR count). The number of hydrogen-bond donors (Lipinski definition) is 2. The van der Waals surface area contributed by atoms with Gasteiger partial charge in [-0.1, -0.05) is 103 Å². The molecular formula is C37H30N2O3S. The van der Waals surface area contributed by atoms with Crippen molar-refractivity contribution in [2.24, 2.45) is 0 Å². The number of rotatable bonds is 10. The van der Waals surface area contributed by atoms with Crippen molar-refractivity contribution in [2.45, 2.75) is 11.8 Å². The lowest BCUT2D eigenvalue weighted by Gasteiger charge is -2.12. The minimum absolute atomic E-state index is 0.0436. The van der Waals surface area contributed by atoms with Crippen LogP contribution >= 0.6 is 11.8 Å². The van der Waals surface area contributed by atoms with Crippen LogP contribution in [0, 0.1) is 6.92 Å². The number of hydrogen-bond acceptors (Lipinski definition) is 4. The van der Waals surface area contributed by atoms with Crippen molar-refractivity contribution in [1.29, 1.82) is 0 Å². The Hall–Kier alpha value is -5.20. The van der Waals surface area contributed by atoms with E-state index in [0.717, 1.165) is 27.1 Å². The summed E-state index contributed by atoms with van der Waals surface area (Å²) in [7, 11) is 0. The molecule has 5 aromatic rings. The molecule has 0 aromatic heterocycles. The van der Waals surface area contributed by atoms with Crippen LogP contribution in [0.15, 0.2) is 144 Å². The number of thioether (sulfide) groups is 1. The Labute approximate surface area is 255 Å². The van der Waals surface area contributed by atoms with Crippen molar-refractivity contribution < 1.29 is 14.4 Å². The molecule has 43 heavy (non-hydrogen) atoms. The van der Waals surface area contributed by atoms with Crippen LogP contribution in [-0.4, -0.2) is 23.4 Å². The predicted octanol–water partition coefficient (Wildman–Crippen LogP) is 8.05. The molecule has 2 amide bonds. The number of carbonyl (C=O) groups is 3. The van der Waals surface area contributed by atoms with E-state index in [1.165, 1.54) is 11.8 Å². The van der Waals surface area contributed by atoms with Gasteiger partial charge in [0.25, 0.3) is 11.8 Å². The molecule has 0 aliphatic rings. The molecule has 2 N–H and O–H groups in total. The number of aryl methyl sites for hydroxylation is 1. The first-order valence-corrected chi connectivity index (χ1v) is 14.8. The zero-order valence-electron chi connectivity index (χ0n) is 23.6. The first-order chi connectivity index (χ1) is 20.9. The highest BCUT2D eigenvalue weighted by Gasteiger charge is 2.15. The van der Waals surface area contributed by atoms with E-state index in [2.05, 4.69) is 10.6 Å². The van der Waals surface area contributed by atoms with E-state index in [1.54, 1.807) is 42.5 Å². The Morgan fingerprint density at radius 2 is 1.33 bits per heavy atom. The summed E-state index contributed by atoms with van der Waals surface area (Å²) in [4.78, 5) is 39.9. The van der Waals surface area contributed by atoms with Gasteiger partial charge in [0.05, 0.1) is 5.75 Å². The molecule has 0 aliphatic heterocycles. The highest BCUT2D eigenvalue weighted by atomic mass is 32.2. The summed E-state index contributed by atoms with van der Waals surface area (Å²) in [6.07, 6.45) is 1.66. The van der Waals surface area contributed by atoms with Gasteiger partial charge in [0, 0.05) is 21.7 Å². The summed E-state index contributed by atoms with van der Waals surface area (Å²) < 4.78 is 0. The van der Waals surface area contributed by atoms with Crippen LogP contribution < -0.4 is 10.6 Å². The van der Waals surface area contributed by atoms with Gasteiger partial charge < -0.3 is 10.6 Å². The molecular weight excluding hydrogens is 552 g/mol. The van der Waals surface area contributed by atoms with E-state index in [4.69, 9.17) is 0 Å². The second-order valence-electron chi connectivity index (χ2n) is 9.93. The number of anilines is 1. The second-order valence-corrected chi connectivity index (χ2v) is 11.0. The summed E-state index contributed by atoms with van der Waals surface area (Å²) in [5.74, 6) is -0.478. The Bertz CT molecular complexity index is 1750. The number of ketones is 1. The topological polar surface area (TPSA) is 75.3 Å². The third-order valence-electron chi connectivity index (χ3n) is 6.68. The van der Waals surface area contributed by atoms with E-state index in [-0.39, 0.29) is 17.4 Å². The van der Waals surface area contributed by atoms with Crippen LogP contribution in [0.3, 0.4) is 0 Å². The molecule has 0 spiro atoms. The third-order valence-corrected chi connectivity index (χ3v) is 7.69. The van der Waals surface area contributed by atoms with E-state index < -0.39 is 5.91 Å². The average Bonchev–Trinajstić information content (AvgIpc) is 3.05. The number of amides is 2. The maximum Gasteiger partial charge on any atom is 0.272 e. The highest BCUT2D eigenvalue weighted by Crippen LogP contribution is 2.24. The minimum atomic E-state index is -0.444. The van der Waals surface area contributed by atoms with Crippen molar-refractivity contribution in [3.63, 3.8) is 0 Å². The molecule has 6 heteroatoms. The minimum Gasteiger partial charge on any atom is -0.321 e. The van der Waals surface area contributed by atoms with Gasteiger partial charge in [0.2, 0.25) is 0 Å².